The van der Waals surface area contributed by atoms with Gasteiger partial charge in [-0.3, -0.25) is 0 Å². The van der Waals surface area contributed by atoms with Gasteiger partial charge in [0, 0.05) is 38.1 Å². The Labute approximate surface area is 222 Å². The first-order valence-corrected chi connectivity index (χ1v) is 13.4. The van der Waals surface area contributed by atoms with Gasteiger partial charge in [0.05, 0.1) is 36.4 Å². The second-order valence-corrected chi connectivity index (χ2v) is 10.3. The summed E-state index contributed by atoms with van der Waals surface area (Å²) in [6.07, 6.45) is 11.9. The zero-order valence-corrected chi connectivity index (χ0v) is 21.6. The normalized spacial score (nSPS) is 20.7. The van der Waals surface area contributed by atoms with Gasteiger partial charge < -0.3 is 20.3 Å². The molecule has 37 heavy (non-hydrogen) atoms. The van der Waals surface area contributed by atoms with Crippen LogP contribution in [0.5, 0.6) is 5.75 Å². The van der Waals surface area contributed by atoms with E-state index in [4.69, 9.17) is 22.1 Å². The third kappa shape index (κ3) is 6.45. The summed E-state index contributed by atoms with van der Waals surface area (Å²) in [7, 11) is 0. The van der Waals surface area contributed by atoms with Gasteiger partial charge in [-0.05, 0) is 49.7 Å². The molecule has 10 heteroatoms. The molecule has 2 aliphatic heterocycles. The van der Waals surface area contributed by atoms with Gasteiger partial charge in [0.1, 0.15) is 5.82 Å². The number of hydrogen-bond donors (Lipinski definition) is 1. The molecule has 196 valence electrons. The number of nitrogens with two attached hydrogens (primary N) is 1. The van der Waals surface area contributed by atoms with E-state index in [0.29, 0.717) is 41.4 Å². The number of hydrogen-bond acceptors (Lipinski definition) is 8. The fourth-order valence-electron chi connectivity index (χ4n) is 5.33. The van der Waals surface area contributed by atoms with Crippen LogP contribution in [-0.4, -0.2) is 58.8 Å². The summed E-state index contributed by atoms with van der Waals surface area (Å²) < 4.78 is 20.1. The van der Waals surface area contributed by atoms with Crippen molar-refractivity contribution in [1.29, 1.82) is 0 Å². The van der Waals surface area contributed by atoms with Gasteiger partial charge in [-0.2, -0.15) is 0 Å². The third-order valence-electron chi connectivity index (χ3n) is 7.39. The molecule has 2 atom stereocenters. The van der Waals surface area contributed by atoms with Crippen molar-refractivity contribution in [2.75, 3.05) is 42.6 Å². The lowest BCUT2D eigenvalue weighted by atomic mass is 9.85. The first-order chi connectivity index (χ1) is 18.1. The molecule has 2 saturated heterocycles. The molecule has 0 amide bonds. The van der Waals surface area contributed by atoms with Crippen LogP contribution in [-0.2, 0) is 0 Å². The Kier molecular flexibility index (Phi) is 8.31. The first kappa shape index (κ1) is 25.6. The predicted molar refractivity (Wildman–Crippen MR) is 143 cm³/mol. The highest BCUT2D eigenvalue weighted by Crippen LogP contribution is 2.30. The van der Waals surface area contributed by atoms with Crippen molar-refractivity contribution in [3.63, 3.8) is 0 Å². The molecule has 0 unspecified atom stereocenters. The Morgan fingerprint density at radius 3 is 2.27 bits per heavy atom. The predicted octanol–water partition coefficient (Wildman–Crippen LogP) is 4.46. The average molecular weight is 526 g/mol. The summed E-state index contributed by atoms with van der Waals surface area (Å²) in [5.41, 5.74) is 7.12. The van der Waals surface area contributed by atoms with Crippen LogP contribution in [0.15, 0.2) is 49.1 Å². The number of halogens is 2. The van der Waals surface area contributed by atoms with E-state index in [0.717, 1.165) is 57.7 Å². The summed E-state index contributed by atoms with van der Waals surface area (Å²) in [6, 6.07) is 6.71. The molecule has 2 N–H and O–H groups in total. The topological polar surface area (TPSA) is 93.3 Å². The highest BCUT2D eigenvalue weighted by atomic mass is 35.5. The van der Waals surface area contributed by atoms with E-state index >= 15 is 0 Å². The summed E-state index contributed by atoms with van der Waals surface area (Å²) in [6.45, 7) is 3.88. The van der Waals surface area contributed by atoms with E-state index in [1.807, 2.05) is 12.1 Å². The Morgan fingerprint density at radius 1 is 0.919 bits per heavy atom. The number of ether oxygens (including phenoxy) is 1. The zero-order valence-electron chi connectivity index (χ0n) is 20.8. The highest BCUT2D eigenvalue weighted by Gasteiger charge is 2.30. The van der Waals surface area contributed by atoms with Crippen LogP contribution in [0.2, 0.25) is 5.02 Å². The van der Waals surface area contributed by atoms with Crippen LogP contribution in [0.3, 0.4) is 0 Å². The molecule has 0 spiro atoms. The minimum atomic E-state index is -0.188. The average Bonchev–Trinajstić information content (AvgIpc) is 2.93. The monoisotopic (exact) mass is 525 g/mol. The van der Waals surface area contributed by atoms with Crippen LogP contribution >= 0.6 is 11.6 Å². The van der Waals surface area contributed by atoms with Gasteiger partial charge in [-0.15, -0.1) is 0 Å². The molecule has 2 fully saturated rings. The van der Waals surface area contributed by atoms with Crippen LogP contribution < -0.4 is 20.3 Å². The SMILES string of the molecule is N[C@H]1CN(c2ncc(OCCCC3CCN(c4ncc(Cl)cn4)CC3)cn2)CC[C@@H]1c1ccccc1F. The largest absolute Gasteiger partial charge is 0.490 e. The molecule has 1 aromatic carbocycles. The van der Waals surface area contributed by atoms with Crippen LogP contribution in [0, 0.1) is 11.7 Å². The number of benzene rings is 1. The molecule has 3 aromatic rings. The number of piperidine rings is 2. The van der Waals surface area contributed by atoms with E-state index < -0.39 is 0 Å². The number of nitrogens with zero attached hydrogens (tertiary/aromatic N) is 6. The van der Waals surface area contributed by atoms with Gasteiger partial charge in [0.2, 0.25) is 11.9 Å². The fourth-order valence-corrected chi connectivity index (χ4v) is 5.42. The maximum atomic E-state index is 14.2. The van der Waals surface area contributed by atoms with Gasteiger partial charge in [0.15, 0.2) is 5.75 Å². The standard InChI is InChI=1S/C27H33ClFN7O/c28-20-14-31-26(32-15-20)35-10-7-19(8-11-35)4-3-13-37-21-16-33-27(34-17-21)36-12-9-23(25(30)18-36)22-5-1-2-6-24(22)29/h1-2,5-6,14-17,19,23,25H,3-4,7-13,18,30H2/t23-,25+/m1/s1. The van der Waals surface area contributed by atoms with Crippen molar-refractivity contribution in [1.82, 2.24) is 19.9 Å². The van der Waals surface area contributed by atoms with Crippen molar-refractivity contribution in [2.45, 2.75) is 44.1 Å². The Bertz CT molecular complexity index is 1140. The molecule has 0 aliphatic carbocycles. The Balaban J connectivity index is 1.02. The molecule has 0 bridgehead atoms. The second kappa shape index (κ2) is 12.0. The Morgan fingerprint density at radius 2 is 1.57 bits per heavy atom. The number of aromatic nitrogens is 4. The maximum absolute atomic E-state index is 14.2. The van der Waals surface area contributed by atoms with E-state index in [-0.39, 0.29) is 17.8 Å². The maximum Gasteiger partial charge on any atom is 0.225 e. The molecular formula is C27H33ClFN7O. The van der Waals surface area contributed by atoms with Crippen LogP contribution in [0.1, 0.15) is 43.6 Å². The Hall–Kier alpha value is -3.04. The molecule has 0 saturated carbocycles. The summed E-state index contributed by atoms with van der Waals surface area (Å²) in [4.78, 5) is 21.9. The lowest BCUT2D eigenvalue weighted by molar-refractivity contribution is 0.277. The van der Waals surface area contributed by atoms with Crippen molar-refractivity contribution < 1.29 is 9.13 Å². The van der Waals surface area contributed by atoms with Crippen LogP contribution in [0.4, 0.5) is 16.3 Å². The quantitative estimate of drug-likeness (QED) is 0.431. The molecule has 0 radical (unpaired) electrons. The highest BCUT2D eigenvalue weighted by molar-refractivity contribution is 6.30. The van der Waals surface area contributed by atoms with E-state index in [1.54, 1.807) is 30.9 Å². The molecule has 2 aromatic heterocycles. The number of rotatable bonds is 8. The fraction of sp³-hybridized carbons (Fsp3) is 0.481. The van der Waals surface area contributed by atoms with Crippen molar-refractivity contribution >= 4 is 23.5 Å². The van der Waals surface area contributed by atoms with Gasteiger partial charge in [-0.25, -0.2) is 24.3 Å². The smallest absolute Gasteiger partial charge is 0.225 e. The summed E-state index contributed by atoms with van der Waals surface area (Å²) in [5.74, 6) is 2.55. The molecule has 5 rings (SSSR count). The van der Waals surface area contributed by atoms with Crippen molar-refractivity contribution in [3.8, 4) is 5.75 Å². The van der Waals surface area contributed by atoms with Gasteiger partial charge in [-0.1, -0.05) is 29.8 Å². The lowest BCUT2D eigenvalue weighted by Gasteiger charge is -2.37. The lowest BCUT2D eigenvalue weighted by Crippen LogP contribution is -2.48. The summed E-state index contributed by atoms with van der Waals surface area (Å²) in [5, 5.41) is 0.559. The number of anilines is 2. The summed E-state index contributed by atoms with van der Waals surface area (Å²) >= 11 is 5.89. The van der Waals surface area contributed by atoms with Gasteiger partial charge >= 0.3 is 0 Å². The third-order valence-corrected chi connectivity index (χ3v) is 7.58. The zero-order chi connectivity index (χ0) is 25.6. The van der Waals surface area contributed by atoms with Crippen molar-refractivity contribution in [2.24, 2.45) is 11.7 Å². The van der Waals surface area contributed by atoms with E-state index in [2.05, 4.69) is 29.7 Å². The van der Waals surface area contributed by atoms with E-state index in [1.165, 1.54) is 6.07 Å². The van der Waals surface area contributed by atoms with Crippen LogP contribution in [0.25, 0.3) is 0 Å². The molecule has 2 aliphatic rings. The molecule has 4 heterocycles. The minimum Gasteiger partial charge on any atom is -0.490 e. The molecular weight excluding hydrogens is 493 g/mol. The first-order valence-electron chi connectivity index (χ1n) is 13.0. The minimum absolute atomic E-state index is 0.00179. The van der Waals surface area contributed by atoms with Gasteiger partial charge in [0.25, 0.3) is 0 Å². The van der Waals surface area contributed by atoms with E-state index in [9.17, 15) is 4.39 Å². The van der Waals surface area contributed by atoms with Crippen molar-refractivity contribution in [3.05, 3.63) is 65.5 Å². The second-order valence-electron chi connectivity index (χ2n) is 9.87. The molecule has 8 nitrogen and oxygen atoms in total.